The number of esters is 1. The third-order valence-corrected chi connectivity index (χ3v) is 2.14. The van der Waals surface area contributed by atoms with E-state index in [1.807, 2.05) is 6.08 Å². The van der Waals surface area contributed by atoms with E-state index < -0.39 is 0 Å². The lowest BCUT2D eigenvalue weighted by Crippen LogP contribution is -2.12. The summed E-state index contributed by atoms with van der Waals surface area (Å²) in [6.45, 7) is 8.73. The SMILES string of the molecule is C=CCCC=CCCCC(C=C)OC(C)=O. The van der Waals surface area contributed by atoms with Crippen molar-refractivity contribution in [3.8, 4) is 0 Å². The molecule has 0 aromatic carbocycles. The Morgan fingerprint density at radius 2 is 1.94 bits per heavy atom. The van der Waals surface area contributed by atoms with Gasteiger partial charge < -0.3 is 4.74 Å². The molecule has 0 saturated carbocycles. The molecule has 0 aliphatic carbocycles. The summed E-state index contributed by atoms with van der Waals surface area (Å²) in [4.78, 5) is 10.7. The van der Waals surface area contributed by atoms with Crippen molar-refractivity contribution in [3.63, 3.8) is 0 Å². The third-order valence-electron chi connectivity index (χ3n) is 2.14. The Morgan fingerprint density at radius 3 is 2.50 bits per heavy atom. The van der Waals surface area contributed by atoms with Crippen LogP contribution in [0.1, 0.15) is 39.0 Å². The van der Waals surface area contributed by atoms with Crippen LogP contribution in [0.15, 0.2) is 37.5 Å². The zero-order valence-corrected chi connectivity index (χ0v) is 10.2. The molecular formula is C14H22O2. The zero-order valence-electron chi connectivity index (χ0n) is 10.2. The number of unbranched alkanes of at least 4 members (excludes halogenated alkanes) is 2. The molecule has 90 valence electrons. The van der Waals surface area contributed by atoms with Crippen LogP contribution in [-0.4, -0.2) is 12.1 Å². The summed E-state index contributed by atoms with van der Waals surface area (Å²) < 4.78 is 5.05. The highest BCUT2D eigenvalue weighted by atomic mass is 16.5. The van der Waals surface area contributed by atoms with Gasteiger partial charge in [-0.25, -0.2) is 0 Å². The number of allylic oxidation sites excluding steroid dienone is 3. The Balaban J connectivity index is 3.54. The first-order valence-corrected chi connectivity index (χ1v) is 5.76. The molecule has 2 nitrogen and oxygen atoms in total. The van der Waals surface area contributed by atoms with Gasteiger partial charge in [-0.1, -0.05) is 30.9 Å². The van der Waals surface area contributed by atoms with E-state index in [9.17, 15) is 4.79 Å². The third kappa shape index (κ3) is 9.25. The Morgan fingerprint density at radius 1 is 1.25 bits per heavy atom. The maximum absolute atomic E-state index is 10.7. The van der Waals surface area contributed by atoms with Crippen LogP contribution in [0.25, 0.3) is 0 Å². The second-order valence-corrected chi connectivity index (χ2v) is 3.65. The number of carbonyl (C=O) groups is 1. The van der Waals surface area contributed by atoms with E-state index >= 15 is 0 Å². The van der Waals surface area contributed by atoms with Crippen LogP contribution in [0.3, 0.4) is 0 Å². The number of hydrogen-bond donors (Lipinski definition) is 0. The van der Waals surface area contributed by atoms with Crippen LogP contribution >= 0.6 is 0 Å². The van der Waals surface area contributed by atoms with Gasteiger partial charge in [-0.3, -0.25) is 4.79 Å². The van der Waals surface area contributed by atoms with E-state index in [1.165, 1.54) is 6.92 Å². The number of rotatable bonds is 9. The second-order valence-electron chi connectivity index (χ2n) is 3.65. The lowest BCUT2D eigenvalue weighted by Gasteiger charge is -2.11. The van der Waals surface area contributed by atoms with Crippen molar-refractivity contribution >= 4 is 5.97 Å². The predicted molar refractivity (Wildman–Crippen MR) is 68.2 cm³/mol. The molecule has 0 heterocycles. The number of ether oxygens (including phenoxy) is 1. The van der Waals surface area contributed by atoms with Crippen LogP contribution in [0.4, 0.5) is 0 Å². The van der Waals surface area contributed by atoms with Crippen LogP contribution in [0.5, 0.6) is 0 Å². The fourth-order valence-corrected chi connectivity index (χ4v) is 1.32. The molecule has 0 bridgehead atoms. The van der Waals surface area contributed by atoms with Gasteiger partial charge in [-0.15, -0.1) is 6.58 Å². The minimum Gasteiger partial charge on any atom is -0.458 e. The van der Waals surface area contributed by atoms with E-state index in [0.29, 0.717) is 0 Å². The average molecular weight is 222 g/mol. The van der Waals surface area contributed by atoms with Crippen LogP contribution < -0.4 is 0 Å². The maximum atomic E-state index is 10.7. The molecule has 0 N–H and O–H groups in total. The minimum absolute atomic E-state index is 0.140. The molecule has 0 rings (SSSR count). The van der Waals surface area contributed by atoms with Crippen LogP contribution in [0, 0.1) is 0 Å². The van der Waals surface area contributed by atoms with Gasteiger partial charge in [0.2, 0.25) is 0 Å². The summed E-state index contributed by atoms with van der Waals surface area (Å²) in [6.07, 6.45) is 12.7. The zero-order chi connectivity index (χ0) is 12.2. The van der Waals surface area contributed by atoms with E-state index in [4.69, 9.17) is 4.74 Å². The van der Waals surface area contributed by atoms with Gasteiger partial charge >= 0.3 is 5.97 Å². The first kappa shape index (κ1) is 14.7. The van der Waals surface area contributed by atoms with Crippen molar-refractivity contribution in [2.45, 2.75) is 45.1 Å². The first-order valence-electron chi connectivity index (χ1n) is 5.76. The fourth-order valence-electron chi connectivity index (χ4n) is 1.32. The number of carbonyl (C=O) groups excluding carboxylic acids is 1. The second kappa shape index (κ2) is 10.2. The molecule has 2 heteroatoms. The number of hydrogen-bond acceptors (Lipinski definition) is 2. The van der Waals surface area contributed by atoms with Gasteiger partial charge in [0.25, 0.3) is 0 Å². The van der Waals surface area contributed by atoms with Crippen molar-refractivity contribution in [2.75, 3.05) is 0 Å². The van der Waals surface area contributed by atoms with E-state index in [2.05, 4.69) is 25.3 Å². The lowest BCUT2D eigenvalue weighted by molar-refractivity contribution is -0.144. The molecule has 0 aliphatic heterocycles. The summed E-state index contributed by atoms with van der Waals surface area (Å²) in [5.41, 5.74) is 0. The maximum Gasteiger partial charge on any atom is 0.303 e. The highest BCUT2D eigenvalue weighted by molar-refractivity contribution is 5.66. The quantitative estimate of drug-likeness (QED) is 0.337. The average Bonchev–Trinajstić information content (AvgIpc) is 2.25. The van der Waals surface area contributed by atoms with Crippen molar-refractivity contribution in [2.24, 2.45) is 0 Å². The van der Waals surface area contributed by atoms with Crippen LogP contribution in [0.2, 0.25) is 0 Å². The fraction of sp³-hybridized carbons (Fsp3) is 0.500. The highest BCUT2D eigenvalue weighted by Crippen LogP contribution is 2.07. The molecule has 1 atom stereocenters. The molecule has 0 aromatic rings. The summed E-state index contributed by atoms with van der Waals surface area (Å²) >= 11 is 0. The Labute approximate surface area is 98.7 Å². The van der Waals surface area contributed by atoms with Crippen LogP contribution in [-0.2, 0) is 9.53 Å². The molecular weight excluding hydrogens is 200 g/mol. The van der Waals surface area contributed by atoms with Crippen molar-refractivity contribution in [3.05, 3.63) is 37.5 Å². The molecule has 0 amide bonds. The van der Waals surface area contributed by atoms with Crippen molar-refractivity contribution in [1.82, 2.24) is 0 Å². The molecule has 0 saturated heterocycles. The molecule has 0 fully saturated rings. The summed E-state index contributed by atoms with van der Waals surface area (Å²) in [5.74, 6) is -0.244. The summed E-state index contributed by atoms with van der Waals surface area (Å²) in [5, 5.41) is 0. The standard InChI is InChI=1S/C14H22O2/c1-4-6-7-8-9-10-11-12-14(5-2)16-13(3)15/h4-5,8-9,14H,1-2,6-7,10-12H2,3H3. The van der Waals surface area contributed by atoms with E-state index in [1.54, 1.807) is 6.08 Å². The van der Waals surface area contributed by atoms with Crippen molar-refractivity contribution in [1.29, 1.82) is 0 Å². The summed E-state index contributed by atoms with van der Waals surface area (Å²) in [6, 6.07) is 0. The molecule has 0 aromatic heterocycles. The van der Waals surface area contributed by atoms with Crippen molar-refractivity contribution < 1.29 is 9.53 Å². The van der Waals surface area contributed by atoms with E-state index in [0.717, 1.165) is 32.1 Å². The highest BCUT2D eigenvalue weighted by Gasteiger charge is 2.05. The van der Waals surface area contributed by atoms with Gasteiger partial charge in [0.1, 0.15) is 6.10 Å². The first-order chi connectivity index (χ1) is 7.70. The predicted octanol–water partition coefficient (Wildman–Crippen LogP) is 3.80. The monoisotopic (exact) mass is 222 g/mol. The molecule has 0 aliphatic rings. The van der Waals surface area contributed by atoms with Gasteiger partial charge in [-0.2, -0.15) is 0 Å². The summed E-state index contributed by atoms with van der Waals surface area (Å²) in [7, 11) is 0. The van der Waals surface area contributed by atoms with Gasteiger partial charge in [0.05, 0.1) is 0 Å². The Bertz CT molecular complexity index is 241. The molecule has 16 heavy (non-hydrogen) atoms. The van der Waals surface area contributed by atoms with Gasteiger partial charge in [0.15, 0.2) is 0 Å². The topological polar surface area (TPSA) is 26.3 Å². The minimum atomic E-state index is -0.244. The molecule has 0 spiro atoms. The normalized spacial score (nSPS) is 12.3. The van der Waals surface area contributed by atoms with Gasteiger partial charge in [-0.05, 0) is 32.1 Å². The Kier molecular flexibility index (Phi) is 9.38. The van der Waals surface area contributed by atoms with E-state index in [-0.39, 0.29) is 12.1 Å². The smallest absolute Gasteiger partial charge is 0.303 e. The molecule has 0 radical (unpaired) electrons. The lowest BCUT2D eigenvalue weighted by atomic mass is 10.1. The Hall–Kier alpha value is -1.31. The molecule has 1 unspecified atom stereocenters. The van der Waals surface area contributed by atoms with Gasteiger partial charge in [0, 0.05) is 6.92 Å². The largest absolute Gasteiger partial charge is 0.458 e.